The molecule has 0 N–H and O–H groups in total. The van der Waals surface area contributed by atoms with Crippen LogP contribution in [-0.2, 0) is 20.7 Å². The predicted molar refractivity (Wildman–Crippen MR) is 103 cm³/mol. The molecule has 4 atom stereocenters. The van der Waals surface area contributed by atoms with Crippen LogP contribution in [0.1, 0.15) is 56.6 Å². The maximum atomic E-state index is 12.9. The van der Waals surface area contributed by atoms with E-state index in [4.69, 9.17) is 9.47 Å². The number of fused-ring (bicyclic) bond motifs is 5. The van der Waals surface area contributed by atoms with Crippen LogP contribution in [0, 0.1) is 17.8 Å². The Balaban J connectivity index is 1.81. The normalized spacial score (nSPS) is 28.9. The van der Waals surface area contributed by atoms with Crippen molar-refractivity contribution in [2.75, 3.05) is 13.7 Å². The van der Waals surface area contributed by atoms with Crippen LogP contribution >= 0.6 is 0 Å². The molecular formula is C23H28O4. The third kappa shape index (κ3) is 2.99. The minimum Gasteiger partial charge on any atom is -0.497 e. The van der Waals surface area contributed by atoms with Crippen molar-refractivity contribution in [3.05, 3.63) is 40.5 Å². The molecule has 4 heteroatoms. The van der Waals surface area contributed by atoms with E-state index in [2.05, 4.69) is 12.1 Å². The van der Waals surface area contributed by atoms with E-state index in [1.165, 1.54) is 16.7 Å². The molecule has 27 heavy (non-hydrogen) atoms. The number of Topliss-reactive ketones (excluding diaryl/α,β-unsaturated/α-hetero) is 1. The highest BCUT2D eigenvalue weighted by Gasteiger charge is 2.50. The summed E-state index contributed by atoms with van der Waals surface area (Å²) in [7, 11) is 1.68. The van der Waals surface area contributed by atoms with E-state index in [1.54, 1.807) is 14.0 Å². The zero-order valence-electron chi connectivity index (χ0n) is 16.4. The summed E-state index contributed by atoms with van der Waals surface area (Å²) < 4.78 is 10.9. The number of ether oxygens (including phenoxy) is 2. The first-order valence-electron chi connectivity index (χ1n) is 10.1. The summed E-state index contributed by atoms with van der Waals surface area (Å²) >= 11 is 0. The first-order valence-corrected chi connectivity index (χ1v) is 10.1. The summed E-state index contributed by atoms with van der Waals surface area (Å²) in [6.07, 6.45) is 4.66. The van der Waals surface area contributed by atoms with Crippen molar-refractivity contribution in [3.8, 4) is 5.75 Å². The van der Waals surface area contributed by atoms with Gasteiger partial charge in [-0.2, -0.15) is 0 Å². The Labute approximate surface area is 160 Å². The molecule has 4 rings (SSSR count). The zero-order valence-corrected chi connectivity index (χ0v) is 16.4. The van der Waals surface area contributed by atoms with E-state index in [0.717, 1.165) is 37.0 Å². The van der Waals surface area contributed by atoms with Gasteiger partial charge in [0.1, 0.15) is 5.75 Å². The number of rotatable bonds is 4. The topological polar surface area (TPSA) is 52.6 Å². The lowest BCUT2D eigenvalue weighted by Crippen LogP contribution is -2.41. The minimum absolute atomic E-state index is 0.121. The van der Waals surface area contributed by atoms with Gasteiger partial charge in [-0.3, -0.25) is 9.59 Å². The molecule has 1 aromatic rings. The Morgan fingerprint density at radius 2 is 2.00 bits per heavy atom. The molecule has 3 aliphatic rings. The van der Waals surface area contributed by atoms with Gasteiger partial charge in [0.2, 0.25) is 0 Å². The van der Waals surface area contributed by atoms with E-state index in [1.807, 2.05) is 13.0 Å². The van der Waals surface area contributed by atoms with Crippen molar-refractivity contribution >= 4 is 11.8 Å². The molecular weight excluding hydrogens is 340 g/mol. The van der Waals surface area contributed by atoms with E-state index in [9.17, 15) is 9.59 Å². The third-order valence-electron chi connectivity index (χ3n) is 6.87. The van der Waals surface area contributed by atoms with Crippen molar-refractivity contribution in [3.63, 3.8) is 0 Å². The van der Waals surface area contributed by atoms with Gasteiger partial charge < -0.3 is 9.47 Å². The Bertz CT molecular complexity index is 807. The average Bonchev–Trinajstić information content (AvgIpc) is 3.11. The van der Waals surface area contributed by atoms with Crippen LogP contribution in [-0.4, -0.2) is 25.5 Å². The Kier molecular flexibility index (Phi) is 4.83. The monoisotopic (exact) mass is 368 g/mol. The van der Waals surface area contributed by atoms with Crippen LogP contribution in [0.25, 0.3) is 0 Å². The summed E-state index contributed by atoms with van der Waals surface area (Å²) in [5.74, 6) is 1.67. The van der Waals surface area contributed by atoms with Gasteiger partial charge in [-0.15, -0.1) is 0 Å². The molecule has 0 bridgehead atoms. The Morgan fingerprint density at radius 1 is 1.19 bits per heavy atom. The van der Waals surface area contributed by atoms with Crippen LogP contribution < -0.4 is 4.74 Å². The standard InChI is InChI=1S/C23H28O4/c1-4-27-23(25)21-12-20-16(13(2)24)9-10-17(20)18-8-6-14-5-7-15(26-3)11-19(14)22(18)21/h5,7,11,17-18,21-22H,4,6,8-10,12H2,1-3H3/t17-,18-,21-,22-/m0/s1. The molecule has 0 aromatic heterocycles. The molecule has 0 spiro atoms. The number of hydrogen-bond donors (Lipinski definition) is 0. The van der Waals surface area contributed by atoms with Gasteiger partial charge in [-0.05, 0) is 86.6 Å². The van der Waals surface area contributed by atoms with Gasteiger partial charge in [-0.25, -0.2) is 0 Å². The zero-order chi connectivity index (χ0) is 19.1. The van der Waals surface area contributed by atoms with Crippen molar-refractivity contribution in [2.45, 2.75) is 51.9 Å². The van der Waals surface area contributed by atoms with Gasteiger partial charge in [0.25, 0.3) is 0 Å². The van der Waals surface area contributed by atoms with Crippen LogP contribution in [0.4, 0.5) is 0 Å². The van der Waals surface area contributed by atoms with Crippen molar-refractivity contribution in [2.24, 2.45) is 17.8 Å². The summed E-state index contributed by atoms with van der Waals surface area (Å²) in [5.41, 5.74) is 4.79. The summed E-state index contributed by atoms with van der Waals surface area (Å²) in [6.45, 7) is 3.91. The van der Waals surface area contributed by atoms with Gasteiger partial charge >= 0.3 is 5.97 Å². The third-order valence-corrected chi connectivity index (χ3v) is 6.87. The van der Waals surface area contributed by atoms with Crippen LogP contribution in [0.5, 0.6) is 5.75 Å². The predicted octanol–water partition coefficient (Wildman–Crippen LogP) is 4.22. The van der Waals surface area contributed by atoms with Gasteiger partial charge in [0.15, 0.2) is 5.78 Å². The number of carbonyl (C=O) groups is 2. The molecule has 0 aliphatic heterocycles. The van der Waals surface area contributed by atoms with Crippen molar-refractivity contribution in [1.82, 2.24) is 0 Å². The SMILES string of the molecule is CCOC(=O)[C@H]1CC2=C(C(C)=O)CC[C@H]2[C@@H]2CCc3ccc(OC)cc3[C@H]21. The van der Waals surface area contributed by atoms with Gasteiger partial charge in [0.05, 0.1) is 19.6 Å². The second-order valence-electron chi connectivity index (χ2n) is 8.06. The number of esters is 1. The molecule has 0 saturated heterocycles. The fraction of sp³-hybridized carbons (Fsp3) is 0.565. The largest absolute Gasteiger partial charge is 0.497 e. The fourth-order valence-electron chi connectivity index (χ4n) is 5.79. The molecule has 3 aliphatic carbocycles. The number of ketones is 1. The maximum Gasteiger partial charge on any atom is 0.309 e. The Hall–Kier alpha value is -2.10. The van der Waals surface area contributed by atoms with Crippen LogP contribution in [0.15, 0.2) is 29.3 Å². The lowest BCUT2D eigenvalue weighted by atomic mass is 9.58. The van der Waals surface area contributed by atoms with Crippen molar-refractivity contribution in [1.29, 1.82) is 0 Å². The molecule has 1 aromatic carbocycles. The molecule has 0 amide bonds. The van der Waals surface area contributed by atoms with Gasteiger partial charge in [-0.1, -0.05) is 11.6 Å². The first kappa shape index (κ1) is 18.3. The summed E-state index contributed by atoms with van der Waals surface area (Å²) in [5, 5.41) is 0. The van der Waals surface area contributed by atoms with Crippen LogP contribution in [0.2, 0.25) is 0 Å². The second kappa shape index (κ2) is 7.14. The number of benzene rings is 1. The highest BCUT2D eigenvalue weighted by molar-refractivity contribution is 5.95. The smallest absolute Gasteiger partial charge is 0.309 e. The summed E-state index contributed by atoms with van der Waals surface area (Å²) in [6, 6.07) is 6.28. The van der Waals surface area contributed by atoms with E-state index < -0.39 is 0 Å². The molecule has 144 valence electrons. The lowest BCUT2D eigenvalue weighted by Gasteiger charge is -2.46. The summed E-state index contributed by atoms with van der Waals surface area (Å²) in [4.78, 5) is 25.1. The fourth-order valence-corrected chi connectivity index (χ4v) is 5.79. The second-order valence-corrected chi connectivity index (χ2v) is 8.06. The van der Waals surface area contributed by atoms with E-state index in [-0.39, 0.29) is 23.6 Å². The maximum absolute atomic E-state index is 12.9. The molecule has 1 saturated carbocycles. The lowest BCUT2D eigenvalue weighted by molar-refractivity contribution is -0.150. The molecule has 0 heterocycles. The number of carbonyl (C=O) groups excluding carboxylic acids is 2. The number of aryl methyl sites for hydroxylation is 1. The van der Waals surface area contributed by atoms with E-state index in [0.29, 0.717) is 24.9 Å². The van der Waals surface area contributed by atoms with Crippen LogP contribution in [0.3, 0.4) is 0 Å². The van der Waals surface area contributed by atoms with Gasteiger partial charge in [0, 0.05) is 5.92 Å². The average molecular weight is 368 g/mol. The number of allylic oxidation sites excluding steroid dienone is 2. The highest BCUT2D eigenvalue weighted by Crippen LogP contribution is 2.57. The first-order chi connectivity index (χ1) is 13.0. The molecule has 4 nitrogen and oxygen atoms in total. The molecule has 0 radical (unpaired) electrons. The minimum atomic E-state index is -0.209. The number of methoxy groups -OCH3 is 1. The molecule has 1 fully saturated rings. The van der Waals surface area contributed by atoms with E-state index >= 15 is 0 Å². The quantitative estimate of drug-likeness (QED) is 0.747. The Morgan fingerprint density at radius 3 is 2.70 bits per heavy atom. The highest BCUT2D eigenvalue weighted by atomic mass is 16.5. The number of hydrogen-bond acceptors (Lipinski definition) is 4. The molecule has 0 unspecified atom stereocenters. The van der Waals surface area contributed by atoms with Crippen molar-refractivity contribution < 1.29 is 19.1 Å².